The maximum atomic E-state index is 10.6. The van der Waals surface area contributed by atoms with E-state index in [-0.39, 0.29) is 5.41 Å². The van der Waals surface area contributed by atoms with Crippen LogP contribution in [0.25, 0.3) is 10.2 Å². The van der Waals surface area contributed by atoms with E-state index in [4.69, 9.17) is 9.72 Å². The van der Waals surface area contributed by atoms with E-state index in [0.29, 0.717) is 17.6 Å². The van der Waals surface area contributed by atoms with Crippen molar-refractivity contribution < 1.29 is 9.84 Å². The number of thiazole rings is 1. The van der Waals surface area contributed by atoms with Crippen LogP contribution >= 0.6 is 23.1 Å². The van der Waals surface area contributed by atoms with Gasteiger partial charge in [-0.05, 0) is 73.6 Å². The fourth-order valence-corrected chi connectivity index (χ4v) is 7.97. The van der Waals surface area contributed by atoms with E-state index in [1.807, 2.05) is 17.8 Å². The molecule has 2 aromatic carbocycles. The number of phenols is 1. The summed E-state index contributed by atoms with van der Waals surface area (Å²) in [6.07, 6.45) is 7.17. The van der Waals surface area contributed by atoms with E-state index in [2.05, 4.69) is 31.2 Å². The van der Waals surface area contributed by atoms with E-state index in [0.717, 1.165) is 36.5 Å². The Balaban J connectivity index is 1.14. The minimum atomic E-state index is 0.174. The fraction of sp³-hybridized carbons (Fsp3) is 0.480. The number of para-hydroxylation sites is 1. The number of aromatic hydroxyl groups is 1. The minimum absolute atomic E-state index is 0.174. The van der Waals surface area contributed by atoms with Gasteiger partial charge in [0.15, 0.2) is 4.34 Å². The Morgan fingerprint density at radius 3 is 2.93 bits per heavy atom. The van der Waals surface area contributed by atoms with Crippen molar-refractivity contribution in [1.29, 1.82) is 0 Å². The Morgan fingerprint density at radius 1 is 1.23 bits per heavy atom. The summed E-state index contributed by atoms with van der Waals surface area (Å²) >= 11 is 3.68. The minimum Gasteiger partial charge on any atom is -0.508 e. The van der Waals surface area contributed by atoms with Gasteiger partial charge in [-0.15, -0.1) is 11.3 Å². The molecule has 30 heavy (non-hydrogen) atoms. The number of thioether (sulfide) groups is 1. The van der Waals surface area contributed by atoms with Crippen molar-refractivity contribution in [1.82, 2.24) is 4.98 Å². The molecule has 0 radical (unpaired) electrons. The Morgan fingerprint density at radius 2 is 2.07 bits per heavy atom. The lowest BCUT2D eigenvalue weighted by molar-refractivity contribution is 0.126. The van der Waals surface area contributed by atoms with Gasteiger partial charge in [-0.25, -0.2) is 4.98 Å². The maximum absolute atomic E-state index is 10.6. The number of phenolic OH excluding ortho intramolecular Hbond substituents is 1. The maximum Gasteiger partial charge on any atom is 0.151 e. The lowest BCUT2D eigenvalue weighted by Gasteiger charge is -2.37. The van der Waals surface area contributed by atoms with E-state index < -0.39 is 0 Å². The van der Waals surface area contributed by atoms with Crippen molar-refractivity contribution in [3.05, 3.63) is 47.0 Å². The van der Waals surface area contributed by atoms with Gasteiger partial charge in [-0.3, -0.25) is 0 Å². The third-order valence-corrected chi connectivity index (χ3v) is 9.58. The second-order valence-corrected chi connectivity index (χ2v) is 12.0. The molecule has 2 bridgehead atoms. The molecule has 0 amide bonds. The highest BCUT2D eigenvalue weighted by Gasteiger charge is 2.44. The molecule has 156 valence electrons. The number of fused-ring (bicyclic) bond motifs is 8. The fourth-order valence-electron chi connectivity index (χ4n) is 5.90. The predicted octanol–water partition coefficient (Wildman–Crippen LogP) is 6.88. The number of hydrogen-bond acceptors (Lipinski definition) is 5. The van der Waals surface area contributed by atoms with Crippen molar-refractivity contribution >= 4 is 33.3 Å². The molecule has 3 aliphatic rings. The molecule has 3 aromatic rings. The summed E-state index contributed by atoms with van der Waals surface area (Å²) in [5, 5.41) is 10.6. The van der Waals surface area contributed by atoms with Crippen LogP contribution in [0, 0.1) is 5.41 Å². The zero-order valence-electron chi connectivity index (χ0n) is 17.3. The highest BCUT2D eigenvalue weighted by atomic mass is 32.2. The predicted molar refractivity (Wildman–Crippen MR) is 124 cm³/mol. The average molecular weight is 438 g/mol. The van der Waals surface area contributed by atoms with Crippen molar-refractivity contribution in [2.45, 2.75) is 61.6 Å². The summed E-state index contributed by atoms with van der Waals surface area (Å²) in [6.45, 7) is 3.13. The van der Waals surface area contributed by atoms with Gasteiger partial charge in [0.25, 0.3) is 0 Å². The van der Waals surface area contributed by atoms with Gasteiger partial charge in [0, 0.05) is 22.8 Å². The number of benzene rings is 2. The summed E-state index contributed by atoms with van der Waals surface area (Å²) in [5.74, 6) is 3.74. The first-order chi connectivity index (χ1) is 14.6. The van der Waals surface area contributed by atoms with Crippen molar-refractivity contribution in [2.75, 3.05) is 12.4 Å². The first kappa shape index (κ1) is 19.0. The van der Waals surface area contributed by atoms with Gasteiger partial charge in [-0.2, -0.15) is 0 Å². The number of rotatable bonds is 5. The SMILES string of the molecule is CC1(CCCSc2nc3ccccc3s2)COc2cc(O)c3c(c2C1)C1CCC3C1. The Hall–Kier alpha value is -1.72. The molecule has 3 nitrogen and oxygen atoms in total. The second kappa shape index (κ2) is 7.16. The van der Waals surface area contributed by atoms with Crippen molar-refractivity contribution in [2.24, 2.45) is 5.41 Å². The Kier molecular flexibility index (Phi) is 4.54. The van der Waals surface area contributed by atoms with Gasteiger partial charge in [0.1, 0.15) is 11.5 Å². The van der Waals surface area contributed by atoms with E-state index in [9.17, 15) is 5.11 Å². The number of nitrogens with zero attached hydrogens (tertiary/aromatic N) is 1. The van der Waals surface area contributed by atoms with E-state index in [1.165, 1.54) is 51.4 Å². The summed E-state index contributed by atoms with van der Waals surface area (Å²) in [4.78, 5) is 4.75. The molecule has 1 aliphatic heterocycles. The van der Waals surface area contributed by atoms with Crippen LogP contribution in [-0.4, -0.2) is 22.5 Å². The summed E-state index contributed by atoms with van der Waals surface area (Å²) in [7, 11) is 0. The lowest BCUT2D eigenvalue weighted by atomic mass is 9.75. The van der Waals surface area contributed by atoms with Crippen LogP contribution in [0.15, 0.2) is 34.7 Å². The summed E-state index contributed by atoms with van der Waals surface area (Å²) in [5.41, 5.74) is 5.40. The summed E-state index contributed by atoms with van der Waals surface area (Å²) in [6, 6.07) is 10.3. The molecule has 5 heteroatoms. The number of ether oxygens (including phenoxy) is 1. The van der Waals surface area contributed by atoms with Gasteiger partial charge in [0.2, 0.25) is 0 Å². The van der Waals surface area contributed by atoms with Crippen LogP contribution in [0.1, 0.15) is 67.6 Å². The third kappa shape index (κ3) is 3.13. The van der Waals surface area contributed by atoms with Gasteiger partial charge in [0.05, 0.1) is 16.8 Å². The standard InChI is InChI=1S/C25H27NO2S2/c1-25(9-4-10-29-24-26-18-5-2-3-6-21(18)30-24)13-17-20(28-14-25)12-19(27)23-16-8-7-15(11-16)22(17)23/h2-3,5-6,12,15-16,27H,4,7-11,13-14H2,1H3. The smallest absolute Gasteiger partial charge is 0.151 e. The van der Waals surface area contributed by atoms with Gasteiger partial charge in [-0.1, -0.05) is 30.8 Å². The third-order valence-electron chi connectivity index (χ3n) is 7.31. The molecule has 1 N–H and O–H groups in total. The second-order valence-electron chi connectivity index (χ2n) is 9.58. The topological polar surface area (TPSA) is 42.4 Å². The first-order valence-corrected chi connectivity index (χ1v) is 12.9. The van der Waals surface area contributed by atoms with Crippen LogP contribution in [-0.2, 0) is 6.42 Å². The molecule has 6 rings (SSSR count). The Bertz CT molecular complexity index is 1090. The first-order valence-electron chi connectivity index (χ1n) is 11.1. The largest absolute Gasteiger partial charge is 0.508 e. The molecular weight excluding hydrogens is 410 g/mol. The molecular formula is C25H27NO2S2. The molecule has 1 fully saturated rings. The van der Waals surface area contributed by atoms with Crippen LogP contribution in [0.2, 0.25) is 0 Å². The molecule has 0 saturated heterocycles. The van der Waals surface area contributed by atoms with Crippen LogP contribution in [0.5, 0.6) is 11.5 Å². The van der Waals surface area contributed by atoms with Crippen LogP contribution in [0.3, 0.4) is 0 Å². The van der Waals surface area contributed by atoms with Gasteiger partial charge >= 0.3 is 0 Å². The molecule has 0 spiro atoms. The van der Waals surface area contributed by atoms with Crippen LogP contribution in [0.4, 0.5) is 0 Å². The van der Waals surface area contributed by atoms with Crippen molar-refractivity contribution in [3.8, 4) is 11.5 Å². The number of hydrogen-bond donors (Lipinski definition) is 1. The van der Waals surface area contributed by atoms with Crippen LogP contribution < -0.4 is 4.74 Å². The lowest BCUT2D eigenvalue weighted by Crippen LogP contribution is -2.33. The number of aromatic nitrogens is 1. The molecule has 2 aliphatic carbocycles. The zero-order valence-corrected chi connectivity index (χ0v) is 19.0. The molecule has 3 atom stereocenters. The van der Waals surface area contributed by atoms with Crippen molar-refractivity contribution in [3.63, 3.8) is 0 Å². The quantitative estimate of drug-likeness (QED) is 0.349. The molecule has 2 heterocycles. The highest BCUT2D eigenvalue weighted by molar-refractivity contribution is 8.01. The normalized spacial score (nSPS) is 26.6. The monoisotopic (exact) mass is 437 g/mol. The molecule has 3 unspecified atom stereocenters. The molecule has 1 saturated carbocycles. The zero-order chi connectivity index (χ0) is 20.3. The highest BCUT2D eigenvalue weighted by Crippen LogP contribution is 2.59. The summed E-state index contributed by atoms with van der Waals surface area (Å²) < 4.78 is 8.68. The molecule has 1 aromatic heterocycles. The van der Waals surface area contributed by atoms with Gasteiger partial charge < -0.3 is 9.84 Å². The van der Waals surface area contributed by atoms with E-state index >= 15 is 0 Å². The average Bonchev–Trinajstić information content (AvgIpc) is 3.46. The Labute approximate surface area is 185 Å². The van der Waals surface area contributed by atoms with E-state index in [1.54, 1.807) is 11.3 Å².